The molecule has 2 unspecified atom stereocenters. The second-order valence-corrected chi connectivity index (χ2v) is 6.44. The number of halogens is 1. The largest absolute Gasteiger partial charge is 0.361 e. The highest BCUT2D eigenvalue weighted by atomic mass is 79.9. The van der Waals surface area contributed by atoms with Crippen molar-refractivity contribution in [2.45, 2.75) is 31.7 Å². The molecule has 0 radical (unpaired) electrons. The molecule has 1 fully saturated rings. The standard InChI is InChI=1S/C16H16BrN3O/c17-12-4-5-15-13(7-12)11(9-19-15)6-16(21)20-14-3-1-2-10(14)8-18/h4-5,7,9-10,14,19H,1-3,6H2,(H,20,21). The third-order valence-corrected chi connectivity index (χ3v) is 4.60. The highest BCUT2D eigenvalue weighted by Crippen LogP contribution is 2.26. The monoisotopic (exact) mass is 345 g/mol. The minimum absolute atomic E-state index is 0.0111. The fraction of sp³-hybridized carbons (Fsp3) is 0.375. The van der Waals surface area contributed by atoms with E-state index in [1.807, 2.05) is 24.4 Å². The van der Waals surface area contributed by atoms with Crippen LogP contribution in [0.2, 0.25) is 0 Å². The van der Waals surface area contributed by atoms with Gasteiger partial charge in [-0.2, -0.15) is 5.26 Å². The summed E-state index contributed by atoms with van der Waals surface area (Å²) in [6.07, 6.45) is 5.03. The van der Waals surface area contributed by atoms with Gasteiger partial charge in [0.05, 0.1) is 18.4 Å². The average molecular weight is 346 g/mol. The molecule has 0 bridgehead atoms. The summed E-state index contributed by atoms with van der Waals surface area (Å²) >= 11 is 3.46. The summed E-state index contributed by atoms with van der Waals surface area (Å²) in [4.78, 5) is 15.4. The first-order chi connectivity index (χ1) is 10.2. The lowest BCUT2D eigenvalue weighted by atomic mass is 10.0. The van der Waals surface area contributed by atoms with Crippen LogP contribution in [0.3, 0.4) is 0 Å². The van der Waals surface area contributed by atoms with Gasteiger partial charge >= 0.3 is 0 Å². The lowest BCUT2D eigenvalue weighted by Gasteiger charge is -2.15. The van der Waals surface area contributed by atoms with E-state index in [2.05, 4.69) is 32.3 Å². The normalized spacial score (nSPS) is 21.3. The number of hydrogen-bond acceptors (Lipinski definition) is 2. The van der Waals surface area contributed by atoms with Crippen molar-refractivity contribution in [1.29, 1.82) is 5.26 Å². The molecule has 0 aliphatic heterocycles. The van der Waals surface area contributed by atoms with Crippen molar-refractivity contribution in [3.8, 4) is 6.07 Å². The minimum Gasteiger partial charge on any atom is -0.361 e. The highest BCUT2D eigenvalue weighted by Gasteiger charge is 2.28. The molecule has 2 N–H and O–H groups in total. The number of nitrogens with zero attached hydrogens (tertiary/aromatic N) is 1. The van der Waals surface area contributed by atoms with Crippen molar-refractivity contribution in [3.63, 3.8) is 0 Å². The fourth-order valence-corrected chi connectivity index (χ4v) is 3.38. The van der Waals surface area contributed by atoms with Crippen LogP contribution in [0.4, 0.5) is 0 Å². The van der Waals surface area contributed by atoms with E-state index in [4.69, 9.17) is 5.26 Å². The van der Waals surface area contributed by atoms with Crippen LogP contribution in [0.15, 0.2) is 28.9 Å². The Morgan fingerprint density at radius 2 is 2.33 bits per heavy atom. The van der Waals surface area contributed by atoms with Gasteiger partial charge < -0.3 is 10.3 Å². The summed E-state index contributed by atoms with van der Waals surface area (Å²) in [7, 11) is 0. The summed E-state index contributed by atoms with van der Waals surface area (Å²) in [5, 5.41) is 13.1. The maximum absolute atomic E-state index is 12.2. The summed E-state index contributed by atoms with van der Waals surface area (Å²) in [6.45, 7) is 0. The van der Waals surface area contributed by atoms with Crippen molar-refractivity contribution >= 4 is 32.7 Å². The van der Waals surface area contributed by atoms with Gasteiger partial charge in [-0.3, -0.25) is 4.79 Å². The summed E-state index contributed by atoms with van der Waals surface area (Å²) in [5.41, 5.74) is 2.01. The van der Waals surface area contributed by atoms with E-state index >= 15 is 0 Å². The average Bonchev–Trinajstić information content (AvgIpc) is 3.06. The molecule has 5 heteroatoms. The second-order valence-electron chi connectivity index (χ2n) is 5.52. The van der Waals surface area contributed by atoms with E-state index in [1.165, 1.54) is 0 Å². The summed E-state index contributed by atoms with van der Waals surface area (Å²) in [6, 6.07) is 8.28. The van der Waals surface area contributed by atoms with Crippen LogP contribution >= 0.6 is 15.9 Å². The Morgan fingerprint density at radius 1 is 1.48 bits per heavy atom. The molecule has 0 saturated heterocycles. The Labute approximate surface area is 131 Å². The van der Waals surface area contributed by atoms with Gasteiger partial charge in [0.25, 0.3) is 0 Å². The molecule has 1 heterocycles. The van der Waals surface area contributed by atoms with Gasteiger partial charge in [-0.15, -0.1) is 0 Å². The number of hydrogen-bond donors (Lipinski definition) is 2. The Hall–Kier alpha value is -1.80. The number of benzene rings is 1. The molecule has 0 spiro atoms. The maximum atomic E-state index is 12.2. The number of carbonyl (C=O) groups excluding carboxylic acids is 1. The molecule has 2 atom stereocenters. The van der Waals surface area contributed by atoms with Gasteiger partial charge in [0.1, 0.15) is 0 Å². The van der Waals surface area contributed by atoms with E-state index in [1.54, 1.807) is 0 Å². The first kappa shape index (κ1) is 14.2. The van der Waals surface area contributed by atoms with Gasteiger partial charge in [0, 0.05) is 27.6 Å². The Kier molecular flexibility index (Phi) is 3.98. The number of H-pyrrole nitrogens is 1. The highest BCUT2D eigenvalue weighted by molar-refractivity contribution is 9.10. The van der Waals surface area contributed by atoms with Crippen molar-refractivity contribution < 1.29 is 4.79 Å². The Balaban J connectivity index is 1.72. The van der Waals surface area contributed by atoms with E-state index in [0.29, 0.717) is 6.42 Å². The topological polar surface area (TPSA) is 68.7 Å². The fourth-order valence-electron chi connectivity index (χ4n) is 3.02. The van der Waals surface area contributed by atoms with E-state index < -0.39 is 0 Å². The molecular formula is C16H16BrN3O. The SMILES string of the molecule is N#CC1CCCC1NC(=O)Cc1c[nH]c2ccc(Br)cc12. The lowest BCUT2D eigenvalue weighted by molar-refractivity contribution is -0.121. The van der Waals surface area contributed by atoms with Gasteiger partial charge in [0.15, 0.2) is 0 Å². The molecule has 1 aromatic heterocycles. The Bertz CT molecular complexity index is 716. The van der Waals surface area contributed by atoms with Gasteiger partial charge in [0.2, 0.25) is 5.91 Å². The number of aromatic nitrogens is 1. The van der Waals surface area contributed by atoms with Crippen LogP contribution in [-0.4, -0.2) is 16.9 Å². The zero-order valence-electron chi connectivity index (χ0n) is 11.5. The smallest absolute Gasteiger partial charge is 0.224 e. The molecule has 21 heavy (non-hydrogen) atoms. The molecule has 2 aromatic rings. The van der Waals surface area contributed by atoms with Gasteiger partial charge in [-0.1, -0.05) is 15.9 Å². The van der Waals surface area contributed by atoms with E-state index in [0.717, 1.165) is 40.2 Å². The number of nitriles is 1. The molecule has 1 aliphatic carbocycles. The van der Waals surface area contributed by atoms with E-state index in [9.17, 15) is 4.79 Å². The molecule has 1 saturated carbocycles. The quantitative estimate of drug-likeness (QED) is 0.896. The molecule has 3 rings (SSSR count). The predicted octanol–water partition coefficient (Wildman–Crippen LogP) is 3.28. The zero-order chi connectivity index (χ0) is 14.8. The maximum Gasteiger partial charge on any atom is 0.224 e. The number of carbonyl (C=O) groups is 1. The predicted molar refractivity (Wildman–Crippen MR) is 84.6 cm³/mol. The van der Waals surface area contributed by atoms with Crippen LogP contribution < -0.4 is 5.32 Å². The molecule has 1 aromatic carbocycles. The second kappa shape index (κ2) is 5.90. The zero-order valence-corrected chi connectivity index (χ0v) is 13.1. The van der Waals surface area contributed by atoms with Crippen molar-refractivity contribution in [2.24, 2.45) is 5.92 Å². The summed E-state index contributed by atoms with van der Waals surface area (Å²) in [5.74, 6) is -0.0471. The van der Waals surface area contributed by atoms with Gasteiger partial charge in [-0.05, 0) is 43.0 Å². The third kappa shape index (κ3) is 2.96. The minimum atomic E-state index is -0.0361. The molecule has 1 aliphatic rings. The van der Waals surface area contributed by atoms with Crippen LogP contribution in [0.5, 0.6) is 0 Å². The first-order valence-corrected chi connectivity index (χ1v) is 7.91. The Morgan fingerprint density at radius 3 is 3.14 bits per heavy atom. The molecule has 1 amide bonds. The van der Waals surface area contributed by atoms with Gasteiger partial charge in [-0.25, -0.2) is 0 Å². The molecule has 4 nitrogen and oxygen atoms in total. The number of rotatable bonds is 3. The van der Waals surface area contributed by atoms with E-state index in [-0.39, 0.29) is 17.9 Å². The van der Waals surface area contributed by atoms with Crippen LogP contribution in [0.1, 0.15) is 24.8 Å². The first-order valence-electron chi connectivity index (χ1n) is 7.12. The summed E-state index contributed by atoms with van der Waals surface area (Å²) < 4.78 is 0.997. The van der Waals surface area contributed by atoms with Crippen LogP contribution in [0.25, 0.3) is 10.9 Å². The van der Waals surface area contributed by atoms with Crippen molar-refractivity contribution in [1.82, 2.24) is 10.3 Å². The van der Waals surface area contributed by atoms with Crippen LogP contribution in [0, 0.1) is 17.2 Å². The number of fused-ring (bicyclic) bond motifs is 1. The molecule has 108 valence electrons. The number of amides is 1. The number of aromatic amines is 1. The van der Waals surface area contributed by atoms with Crippen LogP contribution in [-0.2, 0) is 11.2 Å². The number of nitrogens with one attached hydrogen (secondary N) is 2. The lowest BCUT2D eigenvalue weighted by Crippen LogP contribution is -2.37. The molecular weight excluding hydrogens is 330 g/mol. The third-order valence-electron chi connectivity index (χ3n) is 4.11. The van der Waals surface area contributed by atoms with Crippen molar-refractivity contribution in [2.75, 3.05) is 0 Å². The van der Waals surface area contributed by atoms with Crippen molar-refractivity contribution in [3.05, 3.63) is 34.4 Å².